The second-order valence-electron chi connectivity index (χ2n) is 5.67. The molecule has 5 heteroatoms. The quantitative estimate of drug-likeness (QED) is 0.892. The van der Waals surface area contributed by atoms with E-state index in [0.717, 1.165) is 6.54 Å². The lowest BCUT2D eigenvalue weighted by molar-refractivity contribution is 0.0698. The Bertz CT molecular complexity index is 510. The van der Waals surface area contributed by atoms with Gasteiger partial charge in [-0.25, -0.2) is 9.59 Å². The van der Waals surface area contributed by atoms with Crippen LogP contribution in [0, 0.1) is 5.92 Å². The smallest absolute Gasteiger partial charge is 0.337 e. The number of nitrogens with zero attached hydrogens (tertiary/aromatic N) is 1. The Hall–Kier alpha value is -2.04. The number of aromatic carboxylic acids is 1. The molecule has 0 radical (unpaired) electrons. The van der Waals surface area contributed by atoms with Crippen LogP contribution in [0.15, 0.2) is 24.3 Å². The second-order valence-corrected chi connectivity index (χ2v) is 5.67. The topological polar surface area (TPSA) is 69.6 Å². The van der Waals surface area contributed by atoms with Crippen molar-refractivity contribution >= 4 is 17.7 Å². The third-order valence-corrected chi connectivity index (χ3v) is 4.00. The fourth-order valence-corrected chi connectivity index (χ4v) is 2.83. The van der Waals surface area contributed by atoms with Crippen molar-refractivity contribution in [2.75, 3.05) is 18.9 Å². The van der Waals surface area contributed by atoms with Gasteiger partial charge < -0.3 is 15.3 Å². The number of para-hydroxylation sites is 1. The number of nitrogens with one attached hydrogen (secondary N) is 1. The van der Waals surface area contributed by atoms with Gasteiger partial charge in [0.15, 0.2) is 0 Å². The molecular formula is C16H22N2O3. The van der Waals surface area contributed by atoms with E-state index in [1.807, 2.05) is 0 Å². The lowest BCUT2D eigenvalue weighted by Gasteiger charge is -2.27. The van der Waals surface area contributed by atoms with Crippen molar-refractivity contribution in [3.8, 4) is 0 Å². The summed E-state index contributed by atoms with van der Waals surface area (Å²) in [5.74, 6) is -0.481. The molecule has 0 saturated heterocycles. The van der Waals surface area contributed by atoms with E-state index < -0.39 is 5.97 Å². The molecule has 0 spiro atoms. The van der Waals surface area contributed by atoms with Gasteiger partial charge in [0.1, 0.15) is 0 Å². The summed E-state index contributed by atoms with van der Waals surface area (Å²) in [6.07, 6.45) is 6.11. The highest BCUT2D eigenvalue weighted by atomic mass is 16.4. The first-order valence-corrected chi connectivity index (χ1v) is 7.42. The minimum absolute atomic E-state index is 0.108. The van der Waals surface area contributed by atoms with E-state index in [-0.39, 0.29) is 11.6 Å². The van der Waals surface area contributed by atoms with Crippen LogP contribution in [-0.4, -0.2) is 35.6 Å². The molecule has 2 rings (SSSR count). The number of hydrogen-bond donors (Lipinski definition) is 2. The lowest BCUT2D eigenvalue weighted by atomic mass is 9.89. The van der Waals surface area contributed by atoms with E-state index in [1.165, 1.54) is 38.2 Å². The van der Waals surface area contributed by atoms with Crippen LogP contribution in [0.3, 0.4) is 0 Å². The van der Waals surface area contributed by atoms with Gasteiger partial charge in [0.05, 0.1) is 11.3 Å². The summed E-state index contributed by atoms with van der Waals surface area (Å²) in [4.78, 5) is 25.0. The van der Waals surface area contributed by atoms with Crippen molar-refractivity contribution in [1.29, 1.82) is 0 Å². The fraction of sp³-hybridized carbons (Fsp3) is 0.500. The first-order valence-electron chi connectivity index (χ1n) is 7.42. The summed E-state index contributed by atoms with van der Waals surface area (Å²) < 4.78 is 0. The molecule has 114 valence electrons. The molecule has 2 amide bonds. The van der Waals surface area contributed by atoms with Gasteiger partial charge in [-0.15, -0.1) is 0 Å². The van der Waals surface area contributed by atoms with Crippen molar-refractivity contribution < 1.29 is 14.7 Å². The molecule has 0 heterocycles. The largest absolute Gasteiger partial charge is 0.478 e. The van der Waals surface area contributed by atoms with Gasteiger partial charge in [0.25, 0.3) is 0 Å². The fourth-order valence-electron chi connectivity index (χ4n) is 2.83. The van der Waals surface area contributed by atoms with Gasteiger partial charge >= 0.3 is 12.0 Å². The molecule has 0 aliphatic heterocycles. The highest BCUT2D eigenvalue weighted by Crippen LogP contribution is 2.24. The first kappa shape index (κ1) is 15.4. The summed E-state index contributed by atoms with van der Waals surface area (Å²) in [5.41, 5.74) is 0.447. The van der Waals surface area contributed by atoms with Gasteiger partial charge in [-0.1, -0.05) is 31.4 Å². The molecule has 21 heavy (non-hydrogen) atoms. The van der Waals surface area contributed by atoms with Gasteiger partial charge in [0, 0.05) is 13.6 Å². The summed E-state index contributed by atoms with van der Waals surface area (Å²) >= 11 is 0. The molecule has 0 aromatic heterocycles. The Morgan fingerprint density at radius 1 is 1.24 bits per heavy atom. The third kappa shape index (κ3) is 4.21. The molecule has 1 fully saturated rings. The predicted molar refractivity (Wildman–Crippen MR) is 81.6 cm³/mol. The highest BCUT2D eigenvalue weighted by molar-refractivity contribution is 5.99. The zero-order valence-corrected chi connectivity index (χ0v) is 12.3. The number of urea groups is 1. The Morgan fingerprint density at radius 2 is 1.90 bits per heavy atom. The maximum atomic E-state index is 12.2. The number of benzene rings is 1. The number of anilines is 1. The highest BCUT2D eigenvalue weighted by Gasteiger charge is 2.19. The Morgan fingerprint density at radius 3 is 2.57 bits per heavy atom. The summed E-state index contributed by atoms with van der Waals surface area (Å²) in [6.45, 7) is 0.723. The van der Waals surface area contributed by atoms with Crippen molar-refractivity contribution in [2.24, 2.45) is 5.92 Å². The summed E-state index contributed by atoms with van der Waals surface area (Å²) in [7, 11) is 1.76. The third-order valence-electron chi connectivity index (χ3n) is 4.00. The number of hydrogen-bond acceptors (Lipinski definition) is 2. The minimum Gasteiger partial charge on any atom is -0.478 e. The van der Waals surface area contributed by atoms with Crippen LogP contribution in [0.4, 0.5) is 10.5 Å². The number of carbonyl (C=O) groups excluding carboxylic acids is 1. The van der Waals surface area contributed by atoms with E-state index in [2.05, 4.69) is 5.32 Å². The zero-order chi connectivity index (χ0) is 15.2. The molecular weight excluding hydrogens is 268 g/mol. The molecule has 5 nitrogen and oxygen atoms in total. The van der Waals surface area contributed by atoms with E-state index >= 15 is 0 Å². The molecule has 1 saturated carbocycles. The van der Waals surface area contributed by atoms with Crippen LogP contribution in [0.25, 0.3) is 0 Å². The van der Waals surface area contributed by atoms with Crippen LogP contribution in [0.5, 0.6) is 0 Å². The SMILES string of the molecule is CN(CC1CCCCC1)C(=O)Nc1ccccc1C(=O)O. The van der Waals surface area contributed by atoms with Crippen LogP contribution in [0.2, 0.25) is 0 Å². The number of carbonyl (C=O) groups is 2. The Kier molecular flexibility index (Phi) is 5.20. The maximum Gasteiger partial charge on any atom is 0.337 e. The molecule has 1 aliphatic rings. The standard InChI is InChI=1S/C16H22N2O3/c1-18(11-12-7-3-2-4-8-12)16(21)17-14-10-6-5-9-13(14)15(19)20/h5-6,9-10,12H,2-4,7-8,11H2,1H3,(H,17,21)(H,19,20). The number of carboxylic acids is 1. The van der Waals surface area contributed by atoms with E-state index in [9.17, 15) is 9.59 Å². The summed E-state index contributed by atoms with van der Waals surface area (Å²) in [6, 6.07) is 6.19. The van der Waals surface area contributed by atoms with Crippen molar-refractivity contribution in [2.45, 2.75) is 32.1 Å². The van der Waals surface area contributed by atoms with Crippen LogP contribution in [0.1, 0.15) is 42.5 Å². The van der Waals surface area contributed by atoms with Gasteiger partial charge in [-0.05, 0) is 30.9 Å². The van der Waals surface area contributed by atoms with Crippen LogP contribution < -0.4 is 5.32 Å². The minimum atomic E-state index is -1.04. The number of rotatable bonds is 4. The second kappa shape index (κ2) is 7.11. The maximum absolute atomic E-state index is 12.2. The van der Waals surface area contributed by atoms with Gasteiger partial charge in [-0.3, -0.25) is 0 Å². The molecule has 0 unspecified atom stereocenters. The van der Waals surface area contributed by atoms with Crippen molar-refractivity contribution in [3.63, 3.8) is 0 Å². The van der Waals surface area contributed by atoms with E-state index in [4.69, 9.17) is 5.11 Å². The molecule has 1 aliphatic carbocycles. The molecule has 1 aromatic carbocycles. The van der Waals surface area contributed by atoms with Crippen molar-refractivity contribution in [3.05, 3.63) is 29.8 Å². The lowest BCUT2D eigenvalue weighted by Crippen LogP contribution is -2.36. The molecule has 0 bridgehead atoms. The Labute approximate surface area is 125 Å². The van der Waals surface area contributed by atoms with Gasteiger partial charge in [0.2, 0.25) is 0 Å². The van der Waals surface area contributed by atoms with Crippen LogP contribution >= 0.6 is 0 Å². The Balaban J connectivity index is 1.95. The van der Waals surface area contributed by atoms with Crippen molar-refractivity contribution in [1.82, 2.24) is 4.90 Å². The number of carboxylic acid groups (broad SMARTS) is 1. The predicted octanol–water partition coefficient (Wildman–Crippen LogP) is 3.43. The normalized spacial score (nSPS) is 15.5. The van der Waals surface area contributed by atoms with E-state index in [1.54, 1.807) is 30.1 Å². The average molecular weight is 290 g/mol. The summed E-state index contributed by atoms with van der Waals surface area (Å²) in [5, 5.41) is 11.8. The first-order chi connectivity index (χ1) is 10.1. The molecule has 2 N–H and O–H groups in total. The molecule has 1 aromatic rings. The number of amides is 2. The van der Waals surface area contributed by atoms with E-state index in [0.29, 0.717) is 11.6 Å². The molecule has 0 atom stereocenters. The van der Waals surface area contributed by atoms with Gasteiger partial charge in [-0.2, -0.15) is 0 Å². The monoisotopic (exact) mass is 290 g/mol. The zero-order valence-electron chi connectivity index (χ0n) is 12.3. The van der Waals surface area contributed by atoms with Crippen LogP contribution in [-0.2, 0) is 0 Å². The average Bonchev–Trinajstić information content (AvgIpc) is 2.48.